The first-order valence-electron chi connectivity index (χ1n) is 11.5. The maximum atomic E-state index is 12.5. The molecule has 0 aliphatic carbocycles. The molecule has 3 rings (SSSR count). The van der Waals surface area contributed by atoms with Crippen LogP contribution in [0.4, 0.5) is 21.2 Å². The van der Waals surface area contributed by atoms with Crippen molar-refractivity contribution in [1.29, 1.82) is 0 Å². The largest absolute Gasteiger partial charge is 0.507 e. The maximum Gasteiger partial charge on any atom is 0.337 e. The number of phenols is 1. The molecule has 0 unspecified atom stereocenters. The van der Waals surface area contributed by atoms with Crippen molar-refractivity contribution >= 4 is 58.4 Å². The zero-order valence-electron chi connectivity index (χ0n) is 21.8. The van der Waals surface area contributed by atoms with E-state index in [1.165, 1.54) is 11.3 Å². The summed E-state index contributed by atoms with van der Waals surface area (Å²) in [6.07, 6.45) is 1.59. The van der Waals surface area contributed by atoms with Crippen LogP contribution in [-0.4, -0.2) is 23.4 Å². The van der Waals surface area contributed by atoms with Crippen LogP contribution in [-0.2, 0) is 10.8 Å². The van der Waals surface area contributed by atoms with Gasteiger partial charge in [0.1, 0.15) is 10.8 Å². The number of halogens is 1. The SMILES string of the molecule is CC(C)(C)c1cc(NC(=O)NNC(=O)c2ccc(N/C=N/c3cccs3)cc2)cc(C(C)(C)C)c1O.Cl. The van der Waals surface area contributed by atoms with Crippen molar-refractivity contribution in [2.24, 2.45) is 4.99 Å². The fraction of sp³-hybridized carbons (Fsp3) is 0.296. The maximum absolute atomic E-state index is 12.5. The lowest BCUT2D eigenvalue weighted by Gasteiger charge is -2.28. The number of nitrogens with one attached hydrogen (secondary N) is 4. The zero-order valence-corrected chi connectivity index (χ0v) is 23.4. The van der Waals surface area contributed by atoms with Crippen LogP contribution in [0, 0.1) is 0 Å². The molecule has 10 heteroatoms. The second-order valence-electron chi connectivity index (χ2n) is 10.4. The molecule has 0 fully saturated rings. The minimum Gasteiger partial charge on any atom is -0.507 e. The van der Waals surface area contributed by atoms with Gasteiger partial charge < -0.3 is 15.7 Å². The number of nitrogens with zero attached hydrogens (tertiary/aromatic N) is 1. The average Bonchev–Trinajstić information content (AvgIpc) is 3.31. The second-order valence-corrected chi connectivity index (χ2v) is 11.3. The first kappa shape index (κ1) is 29.7. The van der Waals surface area contributed by atoms with Gasteiger partial charge in [0.15, 0.2) is 0 Å². The lowest BCUT2D eigenvalue weighted by atomic mass is 9.79. The summed E-state index contributed by atoms with van der Waals surface area (Å²) >= 11 is 1.53. The third kappa shape index (κ3) is 8.23. The third-order valence-corrected chi connectivity index (χ3v) is 6.13. The first-order valence-corrected chi connectivity index (χ1v) is 12.4. The van der Waals surface area contributed by atoms with Gasteiger partial charge in [-0.2, -0.15) is 0 Å². The quantitative estimate of drug-likeness (QED) is 0.106. The summed E-state index contributed by atoms with van der Waals surface area (Å²) in [5, 5.41) is 19.5. The highest BCUT2D eigenvalue weighted by Gasteiger charge is 2.27. The van der Waals surface area contributed by atoms with E-state index in [1.54, 1.807) is 42.7 Å². The van der Waals surface area contributed by atoms with Crippen LogP contribution < -0.4 is 21.5 Å². The number of phenolic OH excluding ortho intramolecular Hbond substituents is 1. The van der Waals surface area contributed by atoms with Crippen molar-refractivity contribution in [3.8, 4) is 5.75 Å². The summed E-state index contributed by atoms with van der Waals surface area (Å²) in [5.41, 5.74) is 7.25. The van der Waals surface area contributed by atoms with E-state index >= 15 is 0 Å². The molecule has 2 aromatic carbocycles. The molecule has 0 aliphatic heterocycles. The molecule has 1 heterocycles. The summed E-state index contributed by atoms with van der Waals surface area (Å²) in [7, 11) is 0. The molecule has 0 bridgehead atoms. The van der Waals surface area contributed by atoms with Crippen molar-refractivity contribution in [2.75, 3.05) is 10.6 Å². The number of rotatable bonds is 5. The summed E-state index contributed by atoms with van der Waals surface area (Å²) in [6, 6.07) is 13.5. The summed E-state index contributed by atoms with van der Waals surface area (Å²) in [5.74, 6) is -0.231. The normalized spacial score (nSPS) is 11.5. The molecule has 37 heavy (non-hydrogen) atoms. The number of aromatic hydroxyl groups is 1. The Balaban J connectivity index is 0.00000481. The van der Waals surface area contributed by atoms with E-state index in [2.05, 4.69) is 26.5 Å². The molecule has 8 nitrogen and oxygen atoms in total. The van der Waals surface area contributed by atoms with Gasteiger partial charge >= 0.3 is 6.03 Å². The van der Waals surface area contributed by atoms with Crippen LogP contribution in [0.5, 0.6) is 5.75 Å². The van der Waals surface area contributed by atoms with Gasteiger partial charge in [-0.25, -0.2) is 15.2 Å². The number of anilines is 2. The highest BCUT2D eigenvalue weighted by Crippen LogP contribution is 2.41. The average molecular weight is 544 g/mol. The van der Waals surface area contributed by atoms with Crippen LogP contribution in [0.2, 0.25) is 0 Å². The monoisotopic (exact) mass is 543 g/mol. The van der Waals surface area contributed by atoms with Crippen molar-refractivity contribution in [2.45, 2.75) is 52.4 Å². The molecule has 0 saturated carbocycles. The number of aliphatic imine (C=N–C) groups is 1. The Bertz CT molecular complexity index is 1210. The van der Waals surface area contributed by atoms with E-state index < -0.39 is 11.9 Å². The Morgan fingerprint density at radius 3 is 2.00 bits per heavy atom. The Morgan fingerprint density at radius 1 is 0.892 bits per heavy atom. The van der Waals surface area contributed by atoms with Crippen LogP contribution in [0.15, 0.2) is 58.9 Å². The van der Waals surface area contributed by atoms with Crippen molar-refractivity contribution in [1.82, 2.24) is 10.9 Å². The van der Waals surface area contributed by atoms with E-state index in [9.17, 15) is 14.7 Å². The first-order chi connectivity index (χ1) is 16.8. The number of carbonyl (C=O) groups is 2. The molecule has 0 aliphatic rings. The standard InChI is InChI=1S/C27H33N5O3S.ClH/c1-26(2,3)20-14-19(15-21(23(20)33)27(4,5)6)30-25(35)32-31-24(34)17-9-11-18(12-10-17)28-16-29-22-8-7-13-36-22;/h7-16,33H,1-6H3,(H,28,29)(H,31,34)(H2,30,32,35);1H. The van der Waals surface area contributed by atoms with Gasteiger partial charge in [-0.1, -0.05) is 41.5 Å². The van der Waals surface area contributed by atoms with Crippen LogP contribution >= 0.6 is 23.7 Å². The van der Waals surface area contributed by atoms with Gasteiger partial charge in [0.25, 0.3) is 5.91 Å². The smallest absolute Gasteiger partial charge is 0.337 e. The van der Waals surface area contributed by atoms with Gasteiger partial charge in [0.2, 0.25) is 0 Å². The number of hydrogen-bond acceptors (Lipinski definition) is 5. The molecule has 1 aromatic heterocycles. The topological polar surface area (TPSA) is 115 Å². The minimum atomic E-state index is -0.600. The Hall–Kier alpha value is -3.56. The highest BCUT2D eigenvalue weighted by molar-refractivity contribution is 7.13. The fourth-order valence-corrected chi connectivity index (χ4v) is 4.00. The number of urea groups is 1. The van der Waals surface area contributed by atoms with Crippen LogP contribution in [0.25, 0.3) is 0 Å². The highest BCUT2D eigenvalue weighted by atomic mass is 35.5. The van der Waals surface area contributed by atoms with E-state index in [0.717, 1.165) is 21.8 Å². The lowest BCUT2D eigenvalue weighted by molar-refractivity contribution is 0.0938. The molecule has 5 N–H and O–H groups in total. The minimum absolute atomic E-state index is 0. The molecule has 3 aromatic rings. The predicted molar refractivity (Wildman–Crippen MR) is 155 cm³/mol. The molecular weight excluding hydrogens is 510 g/mol. The molecule has 0 radical (unpaired) electrons. The number of amides is 3. The summed E-state index contributed by atoms with van der Waals surface area (Å²) in [4.78, 5) is 29.2. The van der Waals surface area contributed by atoms with E-state index in [1.807, 2.05) is 59.1 Å². The molecule has 0 atom stereocenters. The number of thiophene rings is 1. The zero-order chi connectivity index (χ0) is 26.5. The third-order valence-electron chi connectivity index (χ3n) is 5.35. The van der Waals surface area contributed by atoms with E-state index in [4.69, 9.17) is 0 Å². The second kappa shape index (κ2) is 12.1. The van der Waals surface area contributed by atoms with Gasteiger partial charge in [-0.15, -0.1) is 23.7 Å². The summed E-state index contributed by atoms with van der Waals surface area (Å²) in [6.45, 7) is 12.0. The van der Waals surface area contributed by atoms with Crippen molar-refractivity contribution in [3.63, 3.8) is 0 Å². The number of carbonyl (C=O) groups excluding carboxylic acids is 2. The van der Waals surface area contributed by atoms with Crippen LogP contribution in [0.3, 0.4) is 0 Å². The van der Waals surface area contributed by atoms with Gasteiger partial charge in [-0.05, 0) is 64.7 Å². The molecular formula is C27H34ClN5O3S. The molecule has 0 spiro atoms. The summed E-state index contributed by atoms with van der Waals surface area (Å²) < 4.78 is 0. The Morgan fingerprint density at radius 2 is 1.49 bits per heavy atom. The van der Waals surface area contributed by atoms with Crippen molar-refractivity contribution < 1.29 is 14.7 Å². The molecule has 198 valence electrons. The number of hydrogen-bond donors (Lipinski definition) is 5. The Kier molecular flexibility index (Phi) is 9.72. The fourth-order valence-electron chi connectivity index (χ4n) is 3.43. The predicted octanol–water partition coefficient (Wildman–Crippen LogP) is 6.71. The van der Waals surface area contributed by atoms with Crippen molar-refractivity contribution in [3.05, 3.63) is 70.6 Å². The molecule has 3 amide bonds. The van der Waals surface area contributed by atoms with E-state index in [-0.39, 0.29) is 29.0 Å². The molecule has 0 saturated heterocycles. The number of benzene rings is 2. The van der Waals surface area contributed by atoms with Gasteiger partial charge in [0, 0.05) is 28.1 Å². The Labute approximate surface area is 228 Å². The van der Waals surface area contributed by atoms with Crippen LogP contribution in [0.1, 0.15) is 63.0 Å². The lowest BCUT2D eigenvalue weighted by Crippen LogP contribution is -2.44. The number of hydrazine groups is 1. The van der Waals surface area contributed by atoms with Gasteiger partial charge in [-0.3, -0.25) is 10.2 Å². The van der Waals surface area contributed by atoms with Gasteiger partial charge in [0.05, 0.1) is 6.34 Å². The van der Waals surface area contributed by atoms with E-state index in [0.29, 0.717) is 11.3 Å².